The van der Waals surface area contributed by atoms with E-state index in [4.69, 9.17) is 13.9 Å². The summed E-state index contributed by atoms with van der Waals surface area (Å²) in [6.07, 6.45) is -1.36. The highest BCUT2D eigenvalue weighted by molar-refractivity contribution is 7.70. The monoisotopic (exact) mass is 521 g/mol. The van der Waals surface area contributed by atoms with Crippen LogP contribution in [0, 0.1) is 0 Å². The van der Waals surface area contributed by atoms with Crippen LogP contribution in [-0.4, -0.2) is 76.7 Å². The number of nitrogens with zero attached hydrogens (tertiary/aromatic N) is 1. The van der Waals surface area contributed by atoms with Crippen LogP contribution >= 0.6 is 15.2 Å². The molecule has 0 fully saturated rings. The number of rotatable bonds is 13. The van der Waals surface area contributed by atoms with Crippen LogP contribution in [0.2, 0.25) is 18.1 Å². The Labute approximate surface area is 190 Å². The summed E-state index contributed by atoms with van der Waals surface area (Å²) in [7, 11) is -12.2. The van der Waals surface area contributed by atoms with Crippen molar-refractivity contribution in [3.63, 3.8) is 0 Å². The van der Waals surface area contributed by atoms with Crippen LogP contribution in [0.5, 0.6) is 0 Å². The van der Waals surface area contributed by atoms with Gasteiger partial charge in [-0.15, -0.1) is 0 Å². The summed E-state index contributed by atoms with van der Waals surface area (Å²) in [6.45, 7) is 11.3. The van der Waals surface area contributed by atoms with Crippen molar-refractivity contribution in [3.8, 4) is 0 Å². The van der Waals surface area contributed by atoms with Crippen molar-refractivity contribution < 1.29 is 52.2 Å². The van der Waals surface area contributed by atoms with Crippen LogP contribution in [0.25, 0.3) is 0 Å². The number of esters is 1. The molecule has 0 aliphatic carbocycles. The van der Waals surface area contributed by atoms with Gasteiger partial charge in [0.25, 0.3) is 0 Å². The van der Waals surface area contributed by atoms with Crippen LogP contribution in [0.1, 0.15) is 47.0 Å². The minimum Gasteiger partial charge on any atom is -0.428 e. The van der Waals surface area contributed by atoms with Crippen molar-refractivity contribution in [2.24, 2.45) is 0 Å². The second-order valence-electron chi connectivity index (χ2n) is 8.79. The Morgan fingerprint density at radius 3 is 1.97 bits per heavy atom. The average molecular weight is 522 g/mol. The summed E-state index contributed by atoms with van der Waals surface area (Å²) in [5.74, 6) is -0.559. The molecule has 0 aromatic carbocycles. The molecule has 0 bridgehead atoms. The number of hydrogen-bond acceptors (Lipinski definition) is 7. The van der Waals surface area contributed by atoms with E-state index in [0.29, 0.717) is 0 Å². The van der Waals surface area contributed by atoms with Gasteiger partial charge in [0.1, 0.15) is 0 Å². The number of ether oxygens (including phenoxy) is 2. The van der Waals surface area contributed by atoms with Crippen molar-refractivity contribution in [1.29, 1.82) is 0 Å². The molecular weight excluding hydrogens is 484 g/mol. The first-order valence-corrected chi connectivity index (χ1v) is 16.4. The Hall–Kier alpha value is -0.783. The Bertz CT molecular complexity index is 692. The summed E-state index contributed by atoms with van der Waals surface area (Å²) in [5, 5.41) is -2.21. The number of hydrogen-bond donors (Lipinski definition) is 4. The normalized spacial score (nSPS) is 13.2. The lowest BCUT2D eigenvalue weighted by atomic mass is 10.2. The second kappa shape index (κ2) is 12.6. The van der Waals surface area contributed by atoms with Crippen LogP contribution in [0.3, 0.4) is 0 Å². The smallest absolute Gasteiger partial charge is 0.412 e. The van der Waals surface area contributed by atoms with E-state index in [1.807, 2.05) is 13.1 Å². The lowest BCUT2D eigenvalue weighted by Crippen LogP contribution is -2.44. The van der Waals surface area contributed by atoms with Crippen LogP contribution in [0.4, 0.5) is 4.79 Å². The predicted octanol–water partition coefficient (Wildman–Crippen LogP) is 2.82. The van der Waals surface area contributed by atoms with Crippen molar-refractivity contribution in [1.82, 2.24) is 4.90 Å². The maximum atomic E-state index is 12.4. The van der Waals surface area contributed by atoms with Gasteiger partial charge in [0.05, 0.1) is 6.61 Å². The highest BCUT2D eigenvalue weighted by atomic mass is 31.2. The molecule has 12 nitrogen and oxygen atoms in total. The fourth-order valence-electron chi connectivity index (χ4n) is 2.26. The lowest BCUT2D eigenvalue weighted by molar-refractivity contribution is -0.152. The zero-order valence-electron chi connectivity index (χ0n) is 19.5. The minimum atomic E-state index is -5.05. The van der Waals surface area contributed by atoms with Gasteiger partial charge in [0.15, 0.2) is 13.7 Å². The molecule has 32 heavy (non-hydrogen) atoms. The fraction of sp³-hybridized carbons (Fsp3) is 0.882. The van der Waals surface area contributed by atoms with Gasteiger partial charge in [-0.2, -0.15) is 0 Å². The largest absolute Gasteiger partial charge is 0.428 e. The SMILES string of the molecule is CCC(=O)OCOC(=O)N(CCCC(P(=O)(O)O)P(=O)(O)O)CCO[Si](C)(C)C(C)(C)C. The molecule has 1 amide bonds. The van der Waals surface area contributed by atoms with E-state index in [2.05, 4.69) is 20.8 Å². The molecule has 0 unspecified atom stereocenters. The molecule has 190 valence electrons. The number of carbonyl (C=O) groups excluding carboxylic acids is 2. The first kappa shape index (κ1) is 31.2. The third kappa shape index (κ3) is 11.4. The highest BCUT2D eigenvalue weighted by Gasteiger charge is 2.42. The lowest BCUT2D eigenvalue weighted by Gasteiger charge is -2.36. The predicted molar refractivity (Wildman–Crippen MR) is 120 cm³/mol. The zero-order chi connectivity index (χ0) is 25.4. The second-order valence-corrected chi connectivity index (χ2v) is 17.6. The summed E-state index contributed by atoms with van der Waals surface area (Å²) in [6, 6.07) is 0. The first-order valence-electron chi connectivity index (χ1n) is 10.1. The molecule has 0 saturated heterocycles. The minimum absolute atomic E-state index is 0.0628. The van der Waals surface area contributed by atoms with E-state index in [1.165, 1.54) is 4.90 Å². The third-order valence-electron chi connectivity index (χ3n) is 5.25. The van der Waals surface area contributed by atoms with Crippen molar-refractivity contribution in [3.05, 3.63) is 0 Å². The van der Waals surface area contributed by atoms with E-state index in [-0.39, 0.29) is 37.6 Å². The molecule has 4 N–H and O–H groups in total. The first-order chi connectivity index (χ1) is 14.3. The highest BCUT2D eigenvalue weighted by Crippen LogP contribution is 2.61. The maximum Gasteiger partial charge on any atom is 0.412 e. The molecule has 0 aliphatic heterocycles. The molecule has 0 aliphatic rings. The molecular formula is C17H37NO11P2Si. The van der Waals surface area contributed by atoms with Crippen molar-refractivity contribution in [2.45, 2.75) is 70.5 Å². The van der Waals surface area contributed by atoms with E-state index < -0.39 is 54.2 Å². The van der Waals surface area contributed by atoms with Crippen LogP contribution in [0.15, 0.2) is 0 Å². The van der Waals surface area contributed by atoms with E-state index in [9.17, 15) is 38.3 Å². The summed E-state index contributed by atoms with van der Waals surface area (Å²) in [5.41, 5.74) is 0. The Morgan fingerprint density at radius 1 is 1.00 bits per heavy atom. The van der Waals surface area contributed by atoms with Gasteiger partial charge in [0.2, 0.25) is 6.79 Å². The van der Waals surface area contributed by atoms with E-state index in [0.717, 1.165) is 0 Å². The Balaban J connectivity index is 5.12. The van der Waals surface area contributed by atoms with Crippen LogP contribution in [-0.2, 0) is 27.8 Å². The summed E-state index contributed by atoms with van der Waals surface area (Å²) >= 11 is 0. The number of amides is 1. The molecule has 0 heterocycles. The molecule has 0 radical (unpaired) electrons. The molecule has 0 rings (SSSR count). The molecule has 0 spiro atoms. The van der Waals surface area contributed by atoms with Gasteiger partial charge in [-0.3, -0.25) is 13.9 Å². The molecule has 0 aromatic heterocycles. The van der Waals surface area contributed by atoms with Gasteiger partial charge >= 0.3 is 27.3 Å². The fourth-order valence-corrected chi connectivity index (χ4v) is 5.90. The van der Waals surface area contributed by atoms with Gasteiger partial charge in [-0.05, 0) is 31.0 Å². The van der Waals surface area contributed by atoms with E-state index in [1.54, 1.807) is 6.92 Å². The molecule has 0 saturated carbocycles. The quantitative estimate of drug-likeness (QED) is 0.121. The van der Waals surface area contributed by atoms with Gasteiger partial charge in [0, 0.05) is 19.5 Å². The topological polar surface area (TPSA) is 180 Å². The van der Waals surface area contributed by atoms with E-state index >= 15 is 0 Å². The summed E-state index contributed by atoms with van der Waals surface area (Å²) < 4.78 is 38.5. The average Bonchev–Trinajstić information content (AvgIpc) is 2.59. The molecule has 0 atom stereocenters. The van der Waals surface area contributed by atoms with Gasteiger partial charge < -0.3 is 38.4 Å². The van der Waals surface area contributed by atoms with Gasteiger partial charge in [-0.1, -0.05) is 27.7 Å². The Morgan fingerprint density at radius 2 is 1.53 bits per heavy atom. The van der Waals surface area contributed by atoms with Gasteiger partial charge in [-0.25, -0.2) is 4.79 Å². The Kier molecular flexibility index (Phi) is 12.3. The molecule has 15 heteroatoms. The standard InChI is InChI=1S/C17H37NO11P2Si/c1-7-14(19)27-13-28-16(20)18(11-12-29-32(5,6)17(2,3)4)10-8-9-15(30(21,22)23)31(24,25)26/h15H,7-13H2,1-6H3,(H2,21,22,23)(H2,24,25,26). The number of carbonyl (C=O) groups is 2. The van der Waals surface area contributed by atoms with Crippen LogP contribution < -0.4 is 0 Å². The third-order valence-corrected chi connectivity index (χ3v) is 13.7. The van der Waals surface area contributed by atoms with Crippen molar-refractivity contribution in [2.75, 3.05) is 26.5 Å². The van der Waals surface area contributed by atoms with Crippen molar-refractivity contribution >= 4 is 35.6 Å². The maximum absolute atomic E-state index is 12.4. The molecule has 0 aromatic rings. The summed E-state index contributed by atoms with van der Waals surface area (Å²) in [4.78, 5) is 61.7. The zero-order valence-corrected chi connectivity index (χ0v) is 22.3.